The van der Waals surface area contributed by atoms with Crippen LogP contribution in [0.15, 0.2) is 6.07 Å². The van der Waals surface area contributed by atoms with Crippen molar-refractivity contribution in [3.8, 4) is 0 Å². The molecule has 0 saturated carbocycles. The predicted molar refractivity (Wildman–Crippen MR) is 69.7 cm³/mol. The van der Waals surface area contributed by atoms with Gasteiger partial charge in [0.2, 0.25) is 0 Å². The lowest BCUT2D eigenvalue weighted by atomic mass is 10.1. The van der Waals surface area contributed by atoms with Gasteiger partial charge in [-0.15, -0.1) is 0 Å². The largest absolute Gasteiger partial charge is 0.478 e. The minimum Gasteiger partial charge on any atom is -0.478 e. The van der Waals surface area contributed by atoms with E-state index in [0.29, 0.717) is 31.6 Å². The van der Waals surface area contributed by atoms with E-state index in [4.69, 9.17) is 0 Å². The number of carboxylic acids is 1. The number of amides is 1. The summed E-state index contributed by atoms with van der Waals surface area (Å²) in [5.41, 5.74) is 1.33. The average molecular weight is 280 g/mol. The van der Waals surface area contributed by atoms with E-state index in [-0.39, 0.29) is 18.0 Å². The molecule has 0 aliphatic carbocycles. The minimum absolute atomic E-state index is 0.113. The molecule has 1 saturated heterocycles. The van der Waals surface area contributed by atoms with Crippen LogP contribution in [0.5, 0.6) is 0 Å². The maximum absolute atomic E-state index is 13.2. The van der Waals surface area contributed by atoms with Crippen LogP contribution < -0.4 is 0 Å². The molecule has 0 spiro atoms. The molecule has 0 bridgehead atoms. The first kappa shape index (κ1) is 13.1. The van der Waals surface area contributed by atoms with Crippen molar-refractivity contribution in [3.05, 3.63) is 23.0 Å². The summed E-state index contributed by atoms with van der Waals surface area (Å²) in [6.45, 7) is 1.18. The number of hydrogen-bond donors (Lipinski definition) is 1. The van der Waals surface area contributed by atoms with Gasteiger partial charge in [0.15, 0.2) is 0 Å². The zero-order valence-corrected chi connectivity index (χ0v) is 11.1. The van der Waals surface area contributed by atoms with Gasteiger partial charge in [0.05, 0.1) is 12.1 Å². The summed E-state index contributed by atoms with van der Waals surface area (Å²) < 4.78 is 15.0. The van der Waals surface area contributed by atoms with Crippen LogP contribution in [0, 0.1) is 0 Å². The molecule has 1 fully saturated rings. The molecule has 0 radical (unpaired) electrons. The summed E-state index contributed by atoms with van der Waals surface area (Å²) in [6, 6.07) is 1.46. The second kappa shape index (κ2) is 4.92. The van der Waals surface area contributed by atoms with Gasteiger partial charge in [-0.25, -0.2) is 9.18 Å². The van der Waals surface area contributed by atoms with Gasteiger partial charge in [-0.3, -0.25) is 4.79 Å². The number of aromatic carboxylic acids is 1. The zero-order valence-electron chi connectivity index (χ0n) is 11.1. The predicted octanol–water partition coefficient (Wildman–Crippen LogP) is 1.71. The van der Waals surface area contributed by atoms with Crippen LogP contribution in [-0.2, 0) is 13.0 Å². The van der Waals surface area contributed by atoms with Gasteiger partial charge in [-0.05, 0) is 31.7 Å². The molecule has 5 nitrogen and oxygen atoms in total. The zero-order chi connectivity index (χ0) is 14.3. The fraction of sp³-hybridized carbons (Fsp3) is 0.571. The third-order valence-electron chi connectivity index (χ3n) is 4.12. The van der Waals surface area contributed by atoms with E-state index < -0.39 is 12.1 Å². The van der Waals surface area contributed by atoms with Gasteiger partial charge >= 0.3 is 5.97 Å². The average Bonchev–Trinajstić information content (AvgIpc) is 3.02. The number of likely N-dealkylation sites (tertiary alicyclic amines) is 1. The number of rotatable bonds is 2. The Labute approximate surface area is 116 Å². The van der Waals surface area contributed by atoms with Crippen LogP contribution in [0.3, 0.4) is 0 Å². The van der Waals surface area contributed by atoms with Gasteiger partial charge in [-0.1, -0.05) is 0 Å². The van der Waals surface area contributed by atoms with E-state index >= 15 is 0 Å². The Morgan fingerprint density at radius 1 is 1.30 bits per heavy atom. The van der Waals surface area contributed by atoms with Crippen molar-refractivity contribution in [2.24, 2.45) is 0 Å². The number of carboxylic acid groups (broad SMARTS) is 1. The highest BCUT2D eigenvalue weighted by Gasteiger charge is 2.31. The molecule has 0 unspecified atom stereocenters. The number of alkyl halides is 1. The van der Waals surface area contributed by atoms with Crippen molar-refractivity contribution < 1.29 is 19.1 Å². The molecular weight excluding hydrogens is 263 g/mol. The van der Waals surface area contributed by atoms with Crippen molar-refractivity contribution >= 4 is 11.9 Å². The van der Waals surface area contributed by atoms with Gasteiger partial charge in [0.25, 0.3) is 5.91 Å². The molecule has 1 N–H and O–H groups in total. The van der Waals surface area contributed by atoms with E-state index in [9.17, 15) is 19.1 Å². The van der Waals surface area contributed by atoms with Crippen molar-refractivity contribution in [3.63, 3.8) is 0 Å². The topological polar surface area (TPSA) is 62.5 Å². The van der Waals surface area contributed by atoms with E-state index in [0.717, 1.165) is 18.5 Å². The summed E-state index contributed by atoms with van der Waals surface area (Å²) in [4.78, 5) is 25.2. The molecule has 2 aliphatic rings. The Morgan fingerprint density at radius 3 is 2.75 bits per heavy atom. The monoisotopic (exact) mass is 280 g/mol. The van der Waals surface area contributed by atoms with E-state index in [2.05, 4.69) is 0 Å². The van der Waals surface area contributed by atoms with Crippen LogP contribution in [0.25, 0.3) is 0 Å². The van der Waals surface area contributed by atoms with Crippen LogP contribution in [-0.4, -0.2) is 45.7 Å². The molecule has 3 rings (SSSR count). The number of aromatic nitrogens is 1. The van der Waals surface area contributed by atoms with Crippen molar-refractivity contribution in [1.29, 1.82) is 0 Å². The lowest BCUT2D eigenvalue weighted by molar-refractivity contribution is 0.0694. The van der Waals surface area contributed by atoms with Gasteiger partial charge < -0.3 is 14.6 Å². The Morgan fingerprint density at radius 2 is 2.10 bits per heavy atom. The molecular formula is C14H17FN2O3. The molecule has 20 heavy (non-hydrogen) atoms. The number of hydrogen-bond acceptors (Lipinski definition) is 2. The van der Waals surface area contributed by atoms with E-state index in [1.807, 2.05) is 0 Å². The maximum atomic E-state index is 13.2. The van der Waals surface area contributed by atoms with Crippen LogP contribution in [0.1, 0.15) is 45.8 Å². The second-order valence-corrected chi connectivity index (χ2v) is 5.44. The van der Waals surface area contributed by atoms with Gasteiger partial charge in [0.1, 0.15) is 11.9 Å². The summed E-state index contributed by atoms with van der Waals surface area (Å²) in [7, 11) is 0. The Hall–Kier alpha value is -1.85. The molecule has 2 aliphatic heterocycles. The Bertz CT molecular complexity index is 567. The Kier molecular flexibility index (Phi) is 3.23. The number of carbonyl (C=O) groups excluding carboxylic acids is 1. The smallest absolute Gasteiger partial charge is 0.337 e. The number of nitrogens with zero attached hydrogens (tertiary/aromatic N) is 2. The molecule has 0 aromatic carbocycles. The van der Waals surface area contributed by atoms with Gasteiger partial charge in [-0.2, -0.15) is 0 Å². The molecule has 1 atom stereocenters. The van der Waals surface area contributed by atoms with Gasteiger partial charge in [0, 0.05) is 18.8 Å². The maximum Gasteiger partial charge on any atom is 0.337 e. The lowest BCUT2D eigenvalue weighted by Gasteiger charge is -2.21. The quantitative estimate of drug-likeness (QED) is 0.897. The highest BCUT2D eigenvalue weighted by molar-refractivity contribution is 5.98. The summed E-state index contributed by atoms with van der Waals surface area (Å²) in [5.74, 6) is -1.25. The highest BCUT2D eigenvalue weighted by Crippen LogP contribution is 2.26. The number of fused-ring (bicyclic) bond motifs is 1. The van der Waals surface area contributed by atoms with Crippen LogP contribution >= 0.6 is 0 Å². The third-order valence-corrected chi connectivity index (χ3v) is 4.12. The fourth-order valence-electron chi connectivity index (χ4n) is 3.10. The van der Waals surface area contributed by atoms with Crippen LogP contribution in [0.4, 0.5) is 4.39 Å². The molecule has 1 amide bonds. The molecule has 6 heteroatoms. The first-order chi connectivity index (χ1) is 9.58. The highest BCUT2D eigenvalue weighted by atomic mass is 19.1. The molecule has 1 aromatic heterocycles. The summed E-state index contributed by atoms with van der Waals surface area (Å²) in [6.07, 6.45) is 1.96. The number of halogens is 1. The summed E-state index contributed by atoms with van der Waals surface area (Å²) >= 11 is 0. The molecule has 3 heterocycles. The second-order valence-electron chi connectivity index (χ2n) is 5.44. The standard InChI is InChI=1S/C14H17FN2O3/c15-9-4-6-16(8-9)13(18)12-7-10(14(19)20)11-3-1-2-5-17(11)12/h7,9H,1-6,8H2,(H,19,20)/t9-/m0/s1. The number of carbonyl (C=O) groups is 2. The van der Waals surface area contributed by atoms with E-state index in [1.54, 1.807) is 4.57 Å². The van der Waals surface area contributed by atoms with Crippen molar-refractivity contribution in [2.45, 2.75) is 38.4 Å². The first-order valence-corrected chi connectivity index (χ1v) is 6.97. The van der Waals surface area contributed by atoms with Crippen molar-refractivity contribution in [2.75, 3.05) is 13.1 Å². The molecule has 1 aromatic rings. The van der Waals surface area contributed by atoms with Crippen molar-refractivity contribution in [1.82, 2.24) is 9.47 Å². The summed E-state index contributed by atoms with van der Waals surface area (Å²) in [5, 5.41) is 9.25. The molecule has 108 valence electrons. The fourth-order valence-corrected chi connectivity index (χ4v) is 3.10. The lowest BCUT2D eigenvalue weighted by Crippen LogP contribution is -2.31. The first-order valence-electron chi connectivity index (χ1n) is 6.97. The third kappa shape index (κ3) is 2.09. The normalized spacial score (nSPS) is 21.9. The minimum atomic E-state index is -1.00. The Balaban J connectivity index is 1.97. The van der Waals surface area contributed by atoms with E-state index in [1.165, 1.54) is 11.0 Å². The van der Waals surface area contributed by atoms with Crippen LogP contribution in [0.2, 0.25) is 0 Å². The SMILES string of the molecule is O=C(O)c1cc(C(=O)N2CC[C@H](F)C2)n2c1CCCC2.